The largest absolute Gasteiger partial charge is 0.480 e. The van der Waals surface area contributed by atoms with E-state index in [1.807, 2.05) is 0 Å². The molecular formula is C10H13N5O3. The molecule has 1 unspecified atom stereocenters. The third-order valence-electron chi connectivity index (χ3n) is 2.31. The van der Waals surface area contributed by atoms with Crippen LogP contribution in [0.5, 0.6) is 11.8 Å². The van der Waals surface area contributed by atoms with Crippen LogP contribution < -0.4 is 9.47 Å². The van der Waals surface area contributed by atoms with E-state index in [-0.39, 0.29) is 11.6 Å². The summed E-state index contributed by atoms with van der Waals surface area (Å²) in [6, 6.07) is 0. The normalized spacial score (nSPS) is 12.2. The molecule has 0 fully saturated rings. The Labute approximate surface area is 103 Å². The number of aliphatic hydroxyl groups is 1. The fourth-order valence-corrected chi connectivity index (χ4v) is 1.43. The summed E-state index contributed by atoms with van der Waals surface area (Å²) >= 11 is 0. The van der Waals surface area contributed by atoms with Gasteiger partial charge in [-0.25, -0.2) is 4.98 Å². The number of hydrogen-bond donors (Lipinski definition) is 1. The second kappa shape index (κ2) is 4.96. The Balaban J connectivity index is 2.38. The number of hydrogen-bond acceptors (Lipinski definition) is 7. The molecule has 0 aromatic carbocycles. The topological polar surface area (TPSA) is 95.2 Å². The molecule has 96 valence electrons. The zero-order valence-electron chi connectivity index (χ0n) is 10.2. The predicted molar refractivity (Wildman–Crippen MR) is 60.2 cm³/mol. The summed E-state index contributed by atoms with van der Waals surface area (Å²) in [5.41, 5.74) is 0.633. The van der Waals surface area contributed by atoms with Gasteiger partial charge in [0, 0.05) is 7.05 Å². The van der Waals surface area contributed by atoms with Crippen molar-refractivity contribution >= 4 is 0 Å². The smallest absolute Gasteiger partial charge is 0.241 e. The first-order valence-corrected chi connectivity index (χ1v) is 5.15. The van der Waals surface area contributed by atoms with E-state index >= 15 is 0 Å². The summed E-state index contributed by atoms with van der Waals surface area (Å²) < 4.78 is 11.5. The summed E-state index contributed by atoms with van der Waals surface area (Å²) in [4.78, 5) is 8.11. The molecule has 0 spiro atoms. The molecule has 1 atom stereocenters. The van der Waals surface area contributed by atoms with E-state index in [1.54, 1.807) is 13.2 Å². The van der Waals surface area contributed by atoms with Crippen LogP contribution >= 0.6 is 0 Å². The number of aliphatic hydroxyl groups excluding tert-OH is 1. The van der Waals surface area contributed by atoms with Gasteiger partial charge in [0.2, 0.25) is 11.8 Å². The molecule has 0 radical (unpaired) electrons. The number of aromatic nitrogens is 5. The number of ether oxygens (including phenoxy) is 2. The summed E-state index contributed by atoms with van der Waals surface area (Å²) in [6.45, 7) is 0. The van der Waals surface area contributed by atoms with Crippen LogP contribution in [-0.2, 0) is 7.05 Å². The van der Waals surface area contributed by atoms with Gasteiger partial charge in [0.05, 0.1) is 26.6 Å². The highest BCUT2D eigenvalue weighted by molar-refractivity contribution is 5.28. The van der Waals surface area contributed by atoms with E-state index in [4.69, 9.17) is 9.47 Å². The van der Waals surface area contributed by atoms with Crippen molar-refractivity contribution in [3.63, 3.8) is 0 Å². The standard InChI is InChI=1S/C10H13N5O3/c1-15-5-6(13-14-15)9(16)8-10(18-3)12-7(17-2)4-11-8/h4-5,9,16H,1-3H3. The zero-order chi connectivity index (χ0) is 13.1. The fourth-order valence-electron chi connectivity index (χ4n) is 1.43. The van der Waals surface area contributed by atoms with Crippen molar-refractivity contribution in [2.75, 3.05) is 14.2 Å². The van der Waals surface area contributed by atoms with Crippen molar-refractivity contribution in [2.24, 2.45) is 7.05 Å². The third-order valence-corrected chi connectivity index (χ3v) is 2.31. The molecule has 18 heavy (non-hydrogen) atoms. The lowest BCUT2D eigenvalue weighted by molar-refractivity contribution is 0.202. The lowest BCUT2D eigenvalue weighted by atomic mass is 10.2. The number of methoxy groups -OCH3 is 2. The quantitative estimate of drug-likeness (QED) is 0.797. The lowest BCUT2D eigenvalue weighted by Gasteiger charge is -2.11. The van der Waals surface area contributed by atoms with Crippen LogP contribution in [0.4, 0.5) is 0 Å². The van der Waals surface area contributed by atoms with Crippen LogP contribution in [0.25, 0.3) is 0 Å². The molecular weight excluding hydrogens is 238 g/mol. The molecule has 2 heterocycles. The third kappa shape index (κ3) is 2.23. The van der Waals surface area contributed by atoms with Crippen molar-refractivity contribution in [1.82, 2.24) is 25.0 Å². The summed E-state index contributed by atoms with van der Waals surface area (Å²) in [6.07, 6.45) is 1.94. The zero-order valence-corrected chi connectivity index (χ0v) is 10.2. The van der Waals surface area contributed by atoms with Gasteiger partial charge in [-0.3, -0.25) is 4.68 Å². The maximum absolute atomic E-state index is 10.1. The van der Waals surface area contributed by atoms with Crippen molar-refractivity contribution in [3.8, 4) is 11.8 Å². The highest BCUT2D eigenvalue weighted by Crippen LogP contribution is 2.26. The Kier molecular flexibility index (Phi) is 3.38. The average molecular weight is 251 g/mol. The van der Waals surface area contributed by atoms with Crippen LogP contribution in [0.2, 0.25) is 0 Å². The molecule has 0 aliphatic carbocycles. The van der Waals surface area contributed by atoms with Crippen LogP contribution in [-0.4, -0.2) is 44.3 Å². The molecule has 8 nitrogen and oxygen atoms in total. The maximum Gasteiger partial charge on any atom is 0.241 e. The van der Waals surface area contributed by atoms with Crippen LogP contribution in [0, 0.1) is 0 Å². The van der Waals surface area contributed by atoms with Gasteiger partial charge >= 0.3 is 0 Å². The average Bonchev–Trinajstić information content (AvgIpc) is 2.83. The first kappa shape index (κ1) is 12.2. The number of nitrogens with zero attached hydrogens (tertiary/aromatic N) is 5. The molecule has 0 saturated heterocycles. The molecule has 2 aromatic heterocycles. The first-order valence-electron chi connectivity index (χ1n) is 5.15. The highest BCUT2D eigenvalue weighted by atomic mass is 16.5. The summed E-state index contributed by atoms with van der Waals surface area (Å²) in [5, 5.41) is 17.7. The number of rotatable bonds is 4. The first-order chi connectivity index (χ1) is 8.65. The van der Waals surface area contributed by atoms with Crippen LogP contribution in [0.3, 0.4) is 0 Å². The second-order valence-electron chi connectivity index (χ2n) is 3.53. The highest BCUT2D eigenvalue weighted by Gasteiger charge is 2.21. The minimum atomic E-state index is -1.05. The van der Waals surface area contributed by atoms with Gasteiger partial charge in [0.15, 0.2) is 0 Å². The van der Waals surface area contributed by atoms with Gasteiger partial charge in [0.25, 0.3) is 0 Å². The molecule has 0 amide bonds. The van der Waals surface area contributed by atoms with E-state index in [0.29, 0.717) is 11.6 Å². The SMILES string of the molecule is COc1cnc(C(O)c2cn(C)nn2)c(OC)n1. The Morgan fingerprint density at radius 1 is 1.33 bits per heavy atom. The Bertz CT molecular complexity index is 542. The second-order valence-corrected chi connectivity index (χ2v) is 3.53. The maximum atomic E-state index is 10.1. The van der Waals surface area contributed by atoms with Crippen LogP contribution in [0.15, 0.2) is 12.4 Å². The molecule has 0 aliphatic rings. The molecule has 0 bridgehead atoms. The molecule has 0 saturated carbocycles. The van der Waals surface area contributed by atoms with Crippen molar-refractivity contribution in [3.05, 3.63) is 23.8 Å². The van der Waals surface area contributed by atoms with Gasteiger partial charge in [-0.1, -0.05) is 5.21 Å². The van der Waals surface area contributed by atoms with Gasteiger partial charge < -0.3 is 14.6 Å². The molecule has 2 aromatic rings. The molecule has 0 aliphatic heterocycles. The van der Waals surface area contributed by atoms with Crippen LogP contribution in [0.1, 0.15) is 17.5 Å². The van der Waals surface area contributed by atoms with E-state index in [0.717, 1.165) is 0 Å². The Morgan fingerprint density at radius 2 is 2.11 bits per heavy atom. The van der Waals surface area contributed by atoms with E-state index in [2.05, 4.69) is 20.3 Å². The predicted octanol–water partition coefficient (Wildman–Crippen LogP) is -0.296. The van der Waals surface area contributed by atoms with Gasteiger partial charge in [-0.2, -0.15) is 4.98 Å². The molecule has 2 rings (SSSR count). The molecule has 1 N–H and O–H groups in total. The molecule has 8 heteroatoms. The van der Waals surface area contributed by atoms with E-state index in [1.165, 1.54) is 25.1 Å². The van der Waals surface area contributed by atoms with Gasteiger partial charge in [-0.05, 0) is 0 Å². The Morgan fingerprint density at radius 3 is 2.67 bits per heavy atom. The fraction of sp³-hybridized carbons (Fsp3) is 0.400. The summed E-state index contributed by atoms with van der Waals surface area (Å²) in [7, 11) is 4.62. The Hall–Kier alpha value is -2.22. The minimum absolute atomic E-state index is 0.188. The summed E-state index contributed by atoms with van der Waals surface area (Å²) in [5.74, 6) is 0.495. The van der Waals surface area contributed by atoms with E-state index < -0.39 is 6.10 Å². The van der Waals surface area contributed by atoms with Gasteiger partial charge in [-0.15, -0.1) is 5.10 Å². The van der Waals surface area contributed by atoms with Crippen molar-refractivity contribution in [1.29, 1.82) is 0 Å². The van der Waals surface area contributed by atoms with E-state index in [9.17, 15) is 5.11 Å². The minimum Gasteiger partial charge on any atom is -0.480 e. The monoisotopic (exact) mass is 251 g/mol. The number of aryl methyl sites for hydroxylation is 1. The van der Waals surface area contributed by atoms with Gasteiger partial charge in [0.1, 0.15) is 17.5 Å². The van der Waals surface area contributed by atoms with Crippen molar-refractivity contribution in [2.45, 2.75) is 6.10 Å². The van der Waals surface area contributed by atoms with Crippen molar-refractivity contribution < 1.29 is 14.6 Å². The lowest BCUT2D eigenvalue weighted by Crippen LogP contribution is -2.07.